The lowest BCUT2D eigenvalue weighted by Gasteiger charge is -2.05. The van der Waals surface area contributed by atoms with Crippen molar-refractivity contribution in [1.29, 1.82) is 0 Å². The number of hydrogen-bond acceptors (Lipinski definition) is 3. The van der Waals surface area contributed by atoms with Gasteiger partial charge in [-0.05, 0) is 34.1 Å². The molecule has 1 N–H and O–H groups in total. The molecule has 1 aromatic carbocycles. The molecular formula is C11H8BrClFN3. The normalized spacial score (nSPS) is 10.4. The zero-order valence-corrected chi connectivity index (χ0v) is 11.2. The third-order valence-electron chi connectivity index (χ3n) is 2.16. The molecule has 3 nitrogen and oxygen atoms in total. The highest BCUT2D eigenvalue weighted by atomic mass is 79.9. The Morgan fingerprint density at radius 3 is 2.82 bits per heavy atom. The van der Waals surface area contributed by atoms with Crippen molar-refractivity contribution in [3.8, 4) is 11.4 Å². The Morgan fingerprint density at radius 2 is 2.18 bits per heavy atom. The van der Waals surface area contributed by atoms with E-state index in [1.807, 2.05) is 0 Å². The van der Waals surface area contributed by atoms with Crippen molar-refractivity contribution in [2.75, 3.05) is 12.4 Å². The number of anilines is 1. The van der Waals surface area contributed by atoms with E-state index >= 15 is 0 Å². The van der Waals surface area contributed by atoms with Gasteiger partial charge in [-0.25, -0.2) is 14.4 Å². The monoisotopic (exact) mass is 315 g/mol. The Balaban J connectivity index is 2.49. The van der Waals surface area contributed by atoms with Crippen LogP contribution in [0.3, 0.4) is 0 Å². The Morgan fingerprint density at radius 1 is 1.41 bits per heavy atom. The first kappa shape index (κ1) is 12.3. The van der Waals surface area contributed by atoms with Gasteiger partial charge in [-0.3, -0.25) is 0 Å². The minimum absolute atomic E-state index is 0.0831. The van der Waals surface area contributed by atoms with Crippen LogP contribution in [0.2, 0.25) is 5.02 Å². The maximum atomic E-state index is 13.3. The van der Waals surface area contributed by atoms with Crippen molar-refractivity contribution in [3.05, 3.63) is 39.7 Å². The van der Waals surface area contributed by atoms with Crippen LogP contribution in [0.4, 0.5) is 10.2 Å². The van der Waals surface area contributed by atoms with Crippen LogP contribution in [0.5, 0.6) is 0 Å². The second kappa shape index (κ2) is 4.98. The number of nitrogens with one attached hydrogen (secondary N) is 1. The molecule has 0 bridgehead atoms. The smallest absolute Gasteiger partial charge is 0.161 e. The Labute approximate surface area is 111 Å². The third-order valence-corrected chi connectivity index (χ3v) is 3.05. The summed E-state index contributed by atoms with van der Waals surface area (Å²) >= 11 is 8.92. The van der Waals surface area contributed by atoms with Crippen LogP contribution < -0.4 is 5.32 Å². The number of rotatable bonds is 2. The van der Waals surface area contributed by atoms with E-state index < -0.39 is 5.82 Å². The van der Waals surface area contributed by atoms with E-state index in [0.717, 1.165) is 4.47 Å². The minimum atomic E-state index is -0.485. The molecule has 0 aliphatic heterocycles. The second-order valence-electron chi connectivity index (χ2n) is 3.27. The molecule has 2 aromatic rings. The van der Waals surface area contributed by atoms with E-state index in [1.54, 1.807) is 19.3 Å². The van der Waals surface area contributed by atoms with E-state index in [2.05, 4.69) is 31.2 Å². The van der Waals surface area contributed by atoms with E-state index in [1.165, 1.54) is 12.1 Å². The first-order valence-electron chi connectivity index (χ1n) is 4.77. The van der Waals surface area contributed by atoms with Crippen LogP contribution in [-0.4, -0.2) is 17.0 Å². The maximum absolute atomic E-state index is 13.3. The van der Waals surface area contributed by atoms with Crippen LogP contribution in [0.25, 0.3) is 11.4 Å². The predicted octanol–water partition coefficient (Wildman–Crippen LogP) is 3.74. The van der Waals surface area contributed by atoms with Gasteiger partial charge in [0.1, 0.15) is 11.6 Å². The average molecular weight is 317 g/mol. The molecule has 88 valence electrons. The predicted molar refractivity (Wildman–Crippen MR) is 69.7 cm³/mol. The lowest BCUT2D eigenvalue weighted by Crippen LogP contribution is -1.97. The summed E-state index contributed by atoms with van der Waals surface area (Å²) in [4.78, 5) is 8.37. The van der Waals surface area contributed by atoms with Crippen molar-refractivity contribution in [2.24, 2.45) is 0 Å². The van der Waals surface area contributed by atoms with E-state index in [4.69, 9.17) is 11.6 Å². The molecule has 0 aliphatic carbocycles. The van der Waals surface area contributed by atoms with Gasteiger partial charge >= 0.3 is 0 Å². The van der Waals surface area contributed by atoms with Crippen molar-refractivity contribution in [1.82, 2.24) is 9.97 Å². The van der Waals surface area contributed by atoms with Gasteiger partial charge in [0.05, 0.1) is 9.50 Å². The fourth-order valence-electron chi connectivity index (χ4n) is 1.32. The number of benzene rings is 1. The van der Waals surface area contributed by atoms with Gasteiger partial charge in [0.15, 0.2) is 5.82 Å². The highest BCUT2D eigenvalue weighted by Gasteiger charge is 2.08. The summed E-state index contributed by atoms with van der Waals surface area (Å²) in [5.74, 6) is 0.597. The molecule has 1 aromatic heterocycles. The molecule has 2 rings (SSSR count). The van der Waals surface area contributed by atoms with E-state index in [0.29, 0.717) is 17.2 Å². The van der Waals surface area contributed by atoms with Crippen LogP contribution in [0, 0.1) is 5.82 Å². The minimum Gasteiger partial charge on any atom is -0.372 e. The van der Waals surface area contributed by atoms with Gasteiger partial charge in [0.25, 0.3) is 0 Å². The summed E-state index contributed by atoms with van der Waals surface area (Å²) in [7, 11) is 1.75. The van der Waals surface area contributed by atoms with Gasteiger partial charge in [0.2, 0.25) is 0 Å². The average Bonchev–Trinajstić information content (AvgIpc) is 2.33. The number of nitrogens with zero attached hydrogens (tertiary/aromatic N) is 2. The quantitative estimate of drug-likeness (QED) is 0.917. The summed E-state index contributed by atoms with van der Waals surface area (Å²) in [5.41, 5.74) is 0.580. The standard InChI is InChI=1S/C11H8BrClFN3/c1-15-11-7(12)5-16-10(17-11)6-2-3-8(13)9(14)4-6/h2-5H,1H3,(H,15,16,17). The molecule has 0 fully saturated rings. The molecule has 0 radical (unpaired) electrons. The lowest BCUT2D eigenvalue weighted by atomic mass is 10.2. The SMILES string of the molecule is CNc1nc(-c2ccc(Cl)c(F)c2)ncc1Br. The molecule has 0 amide bonds. The summed E-state index contributed by atoms with van der Waals surface area (Å²) in [5, 5.41) is 3.00. The van der Waals surface area contributed by atoms with Crippen molar-refractivity contribution >= 4 is 33.3 Å². The lowest BCUT2D eigenvalue weighted by molar-refractivity contribution is 0.628. The molecule has 6 heteroatoms. The van der Waals surface area contributed by atoms with Crippen LogP contribution in [0.15, 0.2) is 28.9 Å². The Bertz CT molecular complexity index is 562. The first-order valence-corrected chi connectivity index (χ1v) is 5.94. The molecular weight excluding hydrogens is 308 g/mol. The molecule has 0 spiro atoms. The first-order chi connectivity index (χ1) is 8.11. The largest absolute Gasteiger partial charge is 0.372 e. The molecule has 0 unspecified atom stereocenters. The maximum Gasteiger partial charge on any atom is 0.161 e. The number of aromatic nitrogens is 2. The molecule has 0 aliphatic rings. The number of halogens is 3. The molecule has 17 heavy (non-hydrogen) atoms. The van der Waals surface area contributed by atoms with Gasteiger partial charge in [-0.15, -0.1) is 0 Å². The topological polar surface area (TPSA) is 37.8 Å². The molecule has 0 saturated heterocycles. The van der Waals surface area contributed by atoms with Gasteiger partial charge < -0.3 is 5.32 Å². The summed E-state index contributed by atoms with van der Waals surface area (Å²) in [6.07, 6.45) is 1.61. The number of hydrogen-bond donors (Lipinski definition) is 1. The van der Waals surface area contributed by atoms with Crippen molar-refractivity contribution in [3.63, 3.8) is 0 Å². The molecule has 1 heterocycles. The fraction of sp³-hybridized carbons (Fsp3) is 0.0909. The zero-order chi connectivity index (χ0) is 12.4. The summed E-state index contributed by atoms with van der Waals surface area (Å²) in [6, 6.07) is 4.47. The molecule has 0 atom stereocenters. The van der Waals surface area contributed by atoms with Crippen LogP contribution in [0.1, 0.15) is 0 Å². The van der Waals surface area contributed by atoms with Gasteiger partial charge in [0, 0.05) is 18.8 Å². The third kappa shape index (κ3) is 2.56. The van der Waals surface area contributed by atoms with Crippen LogP contribution >= 0.6 is 27.5 Å². The summed E-state index contributed by atoms with van der Waals surface area (Å²) < 4.78 is 14.1. The zero-order valence-electron chi connectivity index (χ0n) is 8.84. The fourth-order valence-corrected chi connectivity index (χ4v) is 1.82. The summed E-state index contributed by atoms with van der Waals surface area (Å²) in [6.45, 7) is 0. The van der Waals surface area contributed by atoms with Gasteiger partial charge in [-0.1, -0.05) is 11.6 Å². The van der Waals surface area contributed by atoms with Gasteiger partial charge in [-0.2, -0.15) is 0 Å². The Kier molecular flexibility index (Phi) is 3.59. The van der Waals surface area contributed by atoms with Crippen LogP contribution in [-0.2, 0) is 0 Å². The Hall–Kier alpha value is -1.20. The molecule has 0 saturated carbocycles. The second-order valence-corrected chi connectivity index (χ2v) is 4.53. The van der Waals surface area contributed by atoms with E-state index in [9.17, 15) is 4.39 Å². The highest BCUT2D eigenvalue weighted by molar-refractivity contribution is 9.10. The van der Waals surface area contributed by atoms with Crippen molar-refractivity contribution < 1.29 is 4.39 Å². The van der Waals surface area contributed by atoms with E-state index in [-0.39, 0.29) is 5.02 Å². The highest BCUT2D eigenvalue weighted by Crippen LogP contribution is 2.25. The van der Waals surface area contributed by atoms with Crippen molar-refractivity contribution in [2.45, 2.75) is 0 Å².